The van der Waals surface area contributed by atoms with Gasteiger partial charge in [-0.3, -0.25) is 29.9 Å². The number of rotatable bonds is 4. The van der Waals surface area contributed by atoms with Gasteiger partial charge >= 0.3 is 5.00 Å². The van der Waals surface area contributed by atoms with E-state index in [0.29, 0.717) is 28.3 Å². The second kappa shape index (κ2) is 8.23. The van der Waals surface area contributed by atoms with Gasteiger partial charge in [0.2, 0.25) is 0 Å². The number of nitrogens with two attached hydrogens (primary N) is 1. The Balaban J connectivity index is 1.99. The number of Topliss-reactive ketones (excluding diaryl/α,β-unsaturated/α-hetero) is 1. The number of nitro groups is 2. The third-order valence-electron chi connectivity index (χ3n) is 5.84. The van der Waals surface area contributed by atoms with E-state index in [1.807, 2.05) is 13.8 Å². The second-order valence-electron chi connectivity index (χ2n) is 8.81. The van der Waals surface area contributed by atoms with Gasteiger partial charge in [0, 0.05) is 40.8 Å². The molecule has 34 heavy (non-hydrogen) atoms. The Kier molecular flexibility index (Phi) is 5.67. The minimum Gasteiger partial charge on any atom is -0.384 e. The molecule has 0 radical (unpaired) electrons. The number of carbonyl (C=O) groups is 1. The Bertz CT molecular complexity index is 1370. The van der Waals surface area contributed by atoms with Gasteiger partial charge in [-0.2, -0.15) is 5.26 Å². The highest BCUT2D eigenvalue weighted by molar-refractivity contribution is 7.15. The highest BCUT2D eigenvalue weighted by Crippen LogP contribution is 2.52. The molecule has 1 aliphatic carbocycles. The van der Waals surface area contributed by atoms with Crippen LogP contribution in [0.2, 0.25) is 5.02 Å². The minimum absolute atomic E-state index is 0.0172. The zero-order chi connectivity index (χ0) is 24.9. The molecular weight excluding hydrogens is 482 g/mol. The van der Waals surface area contributed by atoms with Crippen LogP contribution in [0.15, 0.2) is 53.0 Å². The number of non-ortho nitro benzene ring substituents is 1. The van der Waals surface area contributed by atoms with E-state index in [0.717, 1.165) is 11.3 Å². The van der Waals surface area contributed by atoms with E-state index in [1.54, 1.807) is 0 Å². The van der Waals surface area contributed by atoms with Crippen molar-refractivity contribution in [1.29, 1.82) is 5.26 Å². The quantitative estimate of drug-likeness (QED) is 0.446. The topological polar surface area (TPSA) is 156 Å². The average Bonchev–Trinajstić information content (AvgIpc) is 3.23. The molecule has 4 rings (SSSR count). The number of halogens is 1. The van der Waals surface area contributed by atoms with Crippen molar-refractivity contribution in [3.05, 3.63) is 83.1 Å². The molecule has 0 unspecified atom stereocenters. The van der Waals surface area contributed by atoms with Crippen LogP contribution in [-0.4, -0.2) is 15.6 Å². The fourth-order valence-electron chi connectivity index (χ4n) is 4.45. The second-order valence-corrected chi connectivity index (χ2v) is 10.3. The first-order chi connectivity index (χ1) is 15.9. The summed E-state index contributed by atoms with van der Waals surface area (Å²) >= 11 is 7.29. The number of anilines is 1. The Hall–Kier alpha value is -3.75. The molecule has 2 aromatic rings. The Morgan fingerprint density at radius 3 is 2.47 bits per heavy atom. The summed E-state index contributed by atoms with van der Waals surface area (Å²) in [6.07, 6.45) is 0.626. The van der Waals surface area contributed by atoms with Crippen molar-refractivity contribution >= 4 is 45.1 Å². The molecule has 1 aromatic heterocycles. The van der Waals surface area contributed by atoms with Gasteiger partial charge in [-0.1, -0.05) is 36.8 Å². The summed E-state index contributed by atoms with van der Waals surface area (Å²) in [6, 6.07) is 8.82. The molecule has 0 spiro atoms. The van der Waals surface area contributed by atoms with E-state index in [9.17, 15) is 30.3 Å². The van der Waals surface area contributed by atoms with Crippen LogP contribution in [0, 0.1) is 37.0 Å². The van der Waals surface area contributed by atoms with E-state index in [1.165, 1.54) is 35.2 Å². The molecule has 0 amide bonds. The summed E-state index contributed by atoms with van der Waals surface area (Å²) in [5, 5.41) is 32.4. The zero-order valence-corrected chi connectivity index (χ0v) is 19.6. The maximum atomic E-state index is 13.4. The van der Waals surface area contributed by atoms with E-state index in [4.69, 9.17) is 17.3 Å². The number of thiophene rings is 1. The third kappa shape index (κ3) is 3.81. The average molecular weight is 500 g/mol. The van der Waals surface area contributed by atoms with Crippen molar-refractivity contribution < 1.29 is 14.6 Å². The lowest BCUT2D eigenvalue weighted by molar-refractivity contribution is -0.384. The van der Waals surface area contributed by atoms with Crippen LogP contribution in [-0.2, 0) is 4.79 Å². The van der Waals surface area contributed by atoms with Gasteiger partial charge in [0.1, 0.15) is 5.82 Å². The molecule has 174 valence electrons. The Morgan fingerprint density at radius 1 is 1.21 bits per heavy atom. The van der Waals surface area contributed by atoms with Crippen LogP contribution in [0.1, 0.15) is 37.5 Å². The van der Waals surface area contributed by atoms with Gasteiger partial charge in [-0.05, 0) is 24.0 Å². The fourth-order valence-corrected chi connectivity index (χ4v) is 5.66. The normalized spacial score (nSPS) is 19.6. The number of carbonyl (C=O) groups excluding carboxylic acids is 1. The van der Waals surface area contributed by atoms with Crippen LogP contribution >= 0.6 is 22.9 Å². The molecule has 10 nitrogen and oxygen atoms in total. The number of nitriles is 1. The smallest absolute Gasteiger partial charge is 0.324 e. The zero-order valence-electron chi connectivity index (χ0n) is 18.1. The number of hydrogen-bond acceptors (Lipinski definition) is 9. The lowest BCUT2D eigenvalue weighted by atomic mass is 9.69. The van der Waals surface area contributed by atoms with Crippen molar-refractivity contribution in [2.24, 2.45) is 11.1 Å². The predicted octanol–water partition coefficient (Wildman–Crippen LogP) is 5.16. The van der Waals surface area contributed by atoms with Crippen molar-refractivity contribution in [2.45, 2.75) is 32.6 Å². The molecule has 12 heteroatoms. The SMILES string of the molecule is CC1(C)CC(=O)C2=C(C1)N(c1ccc([N+](=O)[O-])cc1Cl)C(N)=C(C#N)[C@H]2c1ccc([N+](=O)[O-])s1. The highest BCUT2D eigenvalue weighted by atomic mass is 35.5. The summed E-state index contributed by atoms with van der Waals surface area (Å²) in [4.78, 5) is 36.7. The van der Waals surface area contributed by atoms with E-state index >= 15 is 0 Å². The molecule has 1 atom stereocenters. The van der Waals surface area contributed by atoms with E-state index < -0.39 is 21.2 Å². The van der Waals surface area contributed by atoms with Crippen LogP contribution in [0.3, 0.4) is 0 Å². The molecule has 0 saturated carbocycles. The number of ketones is 1. The Morgan fingerprint density at radius 2 is 1.91 bits per heavy atom. The largest absolute Gasteiger partial charge is 0.384 e. The Labute approximate surface area is 202 Å². The van der Waals surface area contributed by atoms with Crippen molar-refractivity contribution in [3.8, 4) is 6.07 Å². The molecule has 2 aliphatic rings. The van der Waals surface area contributed by atoms with Crippen LogP contribution in [0.25, 0.3) is 0 Å². The number of benzene rings is 1. The molecule has 2 heterocycles. The van der Waals surface area contributed by atoms with Crippen molar-refractivity contribution in [1.82, 2.24) is 0 Å². The molecule has 0 saturated heterocycles. The first-order valence-electron chi connectivity index (χ1n) is 10.1. The van der Waals surface area contributed by atoms with Crippen molar-refractivity contribution in [2.75, 3.05) is 4.90 Å². The van der Waals surface area contributed by atoms with Gasteiger partial charge in [-0.15, -0.1) is 0 Å². The standard InChI is InChI=1S/C22H18ClN5O5S/c1-22(2)8-15-20(16(29)9-22)19(17-5-6-18(34-17)28(32)33)12(10-24)21(25)26(15)14-4-3-11(27(30)31)7-13(14)23/h3-7,19H,8-9,25H2,1-2H3/t19-/m0/s1. The number of allylic oxidation sites excluding steroid dienone is 3. The summed E-state index contributed by atoms with van der Waals surface area (Å²) in [7, 11) is 0. The van der Waals surface area contributed by atoms with Gasteiger partial charge in [-0.25, -0.2) is 0 Å². The number of hydrogen-bond donors (Lipinski definition) is 1. The van der Waals surface area contributed by atoms with Gasteiger partial charge < -0.3 is 5.73 Å². The molecule has 1 aromatic carbocycles. The van der Waals surface area contributed by atoms with Crippen LogP contribution in [0.5, 0.6) is 0 Å². The third-order valence-corrected chi connectivity index (χ3v) is 7.25. The first-order valence-corrected chi connectivity index (χ1v) is 11.3. The lowest BCUT2D eigenvalue weighted by Crippen LogP contribution is -2.42. The van der Waals surface area contributed by atoms with Crippen molar-refractivity contribution in [3.63, 3.8) is 0 Å². The monoisotopic (exact) mass is 499 g/mol. The molecule has 1 aliphatic heterocycles. The minimum atomic E-state index is -0.852. The lowest BCUT2D eigenvalue weighted by Gasteiger charge is -2.43. The fraction of sp³-hybridized carbons (Fsp3) is 0.273. The predicted molar refractivity (Wildman–Crippen MR) is 126 cm³/mol. The summed E-state index contributed by atoms with van der Waals surface area (Å²) in [5.74, 6) is -1.03. The van der Waals surface area contributed by atoms with E-state index in [2.05, 4.69) is 6.07 Å². The van der Waals surface area contributed by atoms with E-state index in [-0.39, 0.29) is 39.3 Å². The maximum absolute atomic E-state index is 13.4. The van der Waals surface area contributed by atoms with Crippen LogP contribution < -0.4 is 10.6 Å². The maximum Gasteiger partial charge on any atom is 0.324 e. The molecule has 0 fully saturated rings. The summed E-state index contributed by atoms with van der Waals surface area (Å²) < 4.78 is 0. The first kappa shape index (κ1) is 23.4. The highest BCUT2D eigenvalue weighted by Gasteiger charge is 2.45. The van der Waals surface area contributed by atoms with Gasteiger partial charge in [0.25, 0.3) is 5.69 Å². The molecule has 2 N–H and O–H groups in total. The summed E-state index contributed by atoms with van der Waals surface area (Å²) in [5.41, 5.74) is 7.04. The van der Waals surface area contributed by atoms with Gasteiger partial charge in [0.05, 0.1) is 38.1 Å². The van der Waals surface area contributed by atoms with Crippen LogP contribution in [0.4, 0.5) is 16.4 Å². The molecule has 0 bridgehead atoms. The summed E-state index contributed by atoms with van der Waals surface area (Å²) in [6.45, 7) is 3.85. The van der Waals surface area contributed by atoms with Gasteiger partial charge in [0.15, 0.2) is 5.78 Å². The molecular formula is C22H18ClN5O5S. The number of nitrogens with zero attached hydrogens (tertiary/aromatic N) is 4. The number of nitro benzene ring substituents is 1.